The van der Waals surface area contributed by atoms with E-state index in [-0.39, 0.29) is 16.9 Å². The summed E-state index contributed by atoms with van der Waals surface area (Å²) in [6.07, 6.45) is 2.71. The molecule has 112 valence electrons. The van der Waals surface area contributed by atoms with Gasteiger partial charge in [-0.25, -0.2) is 8.42 Å². The summed E-state index contributed by atoms with van der Waals surface area (Å²) in [5.74, 6) is -0.852. The Morgan fingerprint density at radius 3 is 2.81 bits per heavy atom. The van der Waals surface area contributed by atoms with E-state index >= 15 is 0 Å². The Labute approximate surface area is 123 Å². The van der Waals surface area contributed by atoms with Gasteiger partial charge in [0.25, 0.3) is 10.0 Å². The van der Waals surface area contributed by atoms with E-state index in [0.717, 1.165) is 12.8 Å². The largest absolute Gasteiger partial charge is 0.481 e. The van der Waals surface area contributed by atoms with Crippen LogP contribution in [-0.4, -0.2) is 31.4 Å². The molecular weight excluding hydrogens is 292 g/mol. The molecule has 0 bridgehead atoms. The summed E-state index contributed by atoms with van der Waals surface area (Å²) >= 11 is 0. The molecule has 1 heterocycles. The lowest BCUT2D eigenvalue weighted by Crippen LogP contribution is -2.28. The fraction of sp³-hybridized carbons (Fsp3) is 0.429. The Kier molecular flexibility index (Phi) is 3.44. The highest BCUT2D eigenvalue weighted by Gasteiger charge is 2.32. The van der Waals surface area contributed by atoms with Gasteiger partial charge in [-0.1, -0.05) is 18.6 Å². The number of hydrogen-bond donors (Lipinski definition) is 2. The summed E-state index contributed by atoms with van der Waals surface area (Å²) in [5.41, 5.74) is 0.565. The van der Waals surface area contributed by atoms with Gasteiger partial charge in [0.1, 0.15) is 5.84 Å². The van der Waals surface area contributed by atoms with Crippen LogP contribution in [0.1, 0.15) is 31.2 Å². The van der Waals surface area contributed by atoms with Gasteiger partial charge in [0.15, 0.2) is 0 Å². The van der Waals surface area contributed by atoms with E-state index in [0.29, 0.717) is 24.2 Å². The van der Waals surface area contributed by atoms with E-state index < -0.39 is 16.0 Å². The molecule has 1 aromatic rings. The first-order chi connectivity index (χ1) is 9.97. The molecule has 0 radical (unpaired) electrons. The zero-order valence-electron chi connectivity index (χ0n) is 11.3. The van der Waals surface area contributed by atoms with Gasteiger partial charge in [0.05, 0.1) is 16.9 Å². The highest BCUT2D eigenvalue weighted by Crippen LogP contribution is 2.29. The van der Waals surface area contributed by atoms with Crippen LogP contribution >= 0.6 is 0 Å². The van der Waals surface area contributed by atoms with Gasteiger partial charge >= 0.3 is 5.97 Å². The molecule has 6 nitrogen and oxygen atoms in total. The van der Waals surface area contributed by atoms with Crippen molar-refractivity contribution < 1.29 is 18.3 Å². The molecule has 0 spiro atoms. The van der Waals surface area contributed by atoms with Gasteiger partial charge in [0.2, 0.25) is 0 Å². The van der Waals surface area contributed by atoms with Crippen LogP contribution in [0.4, 0.5) is 0 Å². The maximum absolute atomic E-state index is 12.0. The third-order valence-corrected chi connectivity index (χ3v) is 5.37. The number of carboxylic acids is 1. The van der Waals surface area contributed by atoms with Crippen molar-refractivity contribution in [2.45, 2.75) is 36.6 Å². The number of aliphatic imine (C=N–C) groups is 1. The predicted octanol–water partition coefficient (Wildman–Crippen LogP) is 1.37. The van der Waals surface area contributed by atoms with Gasteiger partial charge in [-0.05, 0) is 31.4 Å². The van der Waals surface area contributed by atoms with Gasteiger partial charge in [-0.2, -0.15) is 0 Å². The number of nitrogens with zero attached hydrogens (tertiary/aromatic N) is 1. The van der Waals surface area contributed by atoms with Crippen LogP contribution in [-0.2, 0) is 14.8 Å². The van der Waals surface area contributed by atoms with Gasteiger partial charge in [-0.3, -0.25) is 14.5 Å². The number of benzene rings is 1. The van der Waals surface area contributed by atoms with Crippen LogP contribution in [0, 0.1) is 5.92 Å². The molecule has 3 rings (SSSR count). The fourth-order valence-corrected chi connectivity index (χ4v) is 4.16. The number of rotatable bonds is 2. The van der Waals surface area contributed by atoms with Gasteiger partial charge in [-0.15, -0.1) is 0 Å². The molecule has 2 unspecified atom stereocenters. The average molecular weight is 308 g/mol. The first-order valence-electron chi connectivity index (χ1n) is 6.90. The fourth-order valence-electron chi connectivity index (χ4n) is 2.92. The molecule has 21 heavy (non-hydrogen) atoms. The molecule has 7 heteroatoms. The molecule has 0 saturated heterocycles. The number of hydrogen-bond acceptors (Lipinski definition) is 4. The molecule has 0 aromatic heterocycles. The Balaban J connectivity index is 1.90. The zero-order chi connectivity index (χ0) is 15.0. The molecule has 1 saturated carbocycles. The maximum Gasteiger partial charge on any atom is 0.306 e. The van der Waals surface area contributed by atoms with Crippen LogP contribution in [0.2, 0.25) is 0 Å². The van der Waals surface area contributed by atoms with E-state index in [1.54, 1.807) is 24.3 Å². The third-order valence-electron chi connectivity index (χ3n) is 3.97. The standard InChI is InChI=1S/C14H16N2O4S/c17-14(18)9-4-3-5-10(8-9)15-13-11-6-1-2-7-12(11)21(19,20)16-13/h1-2,6-7,9-10H,3-5,8H2,(H,15,16)(H,17,18). The average Bonchev–Trinajstić information content (AvgIpc) is 2.71. The molecule has 2 N–H and O–H groups in total. The number of carboxylic acid groups (broad SMARTS) is 1. The normalized spacial score (nSPS) is 28.9. The van der Waals surface area contributed by atoms with Crippen molar-refractivity contribution in [2.75, 3.05) is 0 Å². The lowest BCUT2D eigenvalue weighted by atomic mass is 9.86. The molecule has 2 aliphatic rings. The van der Waals surface area contributed by atoms with Crippen LogP contribution in [0.25, 0.3) is 0 Å². The second-order valence-corrected chi connectivity index (χ2v) is 7.09. The number of sulfonamides is 1. The Morgan fingerprint density at radius 1 is 1.29 bits per heavy atom. The third kappa shape index (κ3) is 2.65. The number of aliphatic carboxylic acids is 1. The van der Waals surface area contributed by atoms with Gasteiger partial charge < -0.3 is 5.11 Å². The Morgan fingerprint density at radius 2 is 2.05 bits per heavy atom. The second-order valence-electron chi connectivity index (χ2n) is 5.43. The highest BCUT2D eigenvalue weighted by molar-refractivity contribution is 7.90. The molecule has 1 aliphatic carbocycles. The molecule has 1 aromatic carbocycles. The minimum atomic E-state index is -3.53. The van der Waals surface area contributed by atoms with Crippen molar-refractivity contribution in [2.24, 2.45) is 10.9 Å². The van der Waals surface area contributed by atoms with Crippen molar-refractivity contribution >= 4 is 21.8 Å². The molecule has 1 aliphatic heterocycles. The molecular formula is C14H16N2O4S. The minimum Gasteiger partial charge on any atom is -0.481 e. The van der Waals surface area contributed by atoms with Gasteiger partial charge in [0, 0.05) is 5.56 Å². The van der Waals surface area contributed by atoms with Crippen molar-refractivity contribution in [3.05, 3.63) is 29.8 Å². The molecule has 2 atom stereocenters. The van der Waals surface area contributed by atoms with Crippen molar-refractivity contribution in [1.82, 2.24) is 4.72 Å². The molecule has 1 fully saturated rings. The number of carbonyl (C=O) groups is 1. The van der Waals surface area contributed by atoms with E-state index in [1.165, 1.54) is 0 Å². The van der Waals surface area contributed by atoms with Crippen LogP contribution in [0.5, 0.6) is 0 Å². The molecule has 0 amide bonds. The van der Waals surface area contributed by atoms with E-state index in [9.17, 15) is 13.2 Å². The maximum atomic E-state index is 12.0. The van der Waals surface area contributed by atoms with Crippen molar-refractivity contribution in [3.8, 4) is 0 Å². The number of nitrogens with one attached hydrogen (secondary N) is 1. The summed E-state index contributed by atoms with van der Waals surface area (Å²) in [4.78, 5) is 15.8. The SMILES string of the molecule is O=C(O)C1CCCC(N=C2NS(=O)(=O)c3ccccc32)C1. The van der Waals surface area contributed by atoms with E-state index in [2.05, 4.69) is 9.71 Å². The lowest BCUT2D eigenvalue weighted by molar-refractivity contribution is -0.142. The summed E-state index contributed by atoms with van der Waals surface area (Å²) in [6, 6.07) is 6.54. The Hall–Kier alpha value is -1.89. The second kappa shape index (κ2) is 5.14. The summed E-state index contributed by atoms with van der Waals surface area (Å²) in [5, 5.41) is 9.10. The number of fused-ring (bicyclic) bond motifs is 1. The topological polar surface area (TPSA) is 95.8 Å². The van der Waals surface area contributed by atoms with Crippen LogP contribution in [0.3, 0.4) is 0 Å². The van der Waals surface area contributed by atoms with E-state index in [1.807, 2.05) is 0 Å². The quantitative estimate of drug-likeness (QED) is 0.862. The van der Waals surface area contributed by atoms with E-state index in [4.69, 9.17) is 5.11 Å². The summed E-state index contributed by atoms with van der Waals surface area (Å²) in [6.45, 7) is 0. The highest BCUT2D eigenvalue weighted by atomic mass is 32.2. The summed E-state index contributed by atoms with van der Waals surface area (Å²) < 4.78 is 26.4. The van der Waals surface area contributed by atoms with Crippen molar-refractivity contribution in [1.29, 1.82) is 0 Å². The summed E-state index contributed by atoms with van der Waals surface area (Å²) in [7, 11) is -3.53. The van der Waals surface area contributed by atoms with Crippen molar-refractivity contribution in [3.63, 3.8) is 0 Å². The first-order valence-corrected chi connectivity index (χ1v) is 8.38. The van der Waals surface area contributed by atoms with Crippen LogP contribution < -0.4 is 4.72 Å². The smallest absolute Gasteiger partial charge is 0.306 e. The lowest BCUT2D eigenvalue weighted by Gasteiger charge is -2.24. The monoisotopic (exact) mass is 308 g/mol. The zero-order valence-corrected chi connectivity index (χ0v) is 12.1. The first kappa shape index (κ1) is 14.1. The predicted molar refractivity (Wildman–Crippen MR) is 76.7 cm³/mol. The van der Waals surface area contributed by atoms with Crippen LogP contribution in [0.15, 0.2) is 34.2 Å². The Bertz CT molecular complexity index is 711. The minimum absolute atomic E-state index is 0.149. The number of amidine groups is 1.